The van der Waals surface area contributed by atoms with Crippen LogP contribution in [0.3, 0.4) is 0 Å². The zero-order valence-electron chi connectivity index (χ0n) is 15.5. The number of aromatic nitrogens is 1. The van der Waals surface area contributed by atoms with Crippen LogP contribution in [-0.2, 0) is 9.59 Å². The van der Waals surface area contributed by atoms with Crippen molar-refractivity contribution in [2.45, 2.75) is 13.0 Å². The van der Waals surface area contributed by atoms with E-state index in [1.165, 1.54) is 35.4 Å². The molecule has 1 N–H and O–H groups in total. The first-order valence-corrected chi connectivity index (χ1v) is 9.02. The lowest BCUT2D eigenvalue weighted by Gasteiger charge is -2.24. The van der Waals surface area contributed by atoms with E-state index >= 15 is 0 Å². The van der Waals surface area contributed by atoms with Crippen molar-refractivity contribution in [3.8, 4) is 0 Å². The first kappa shape index (κ1) is 18.6. The Morgan fingerprint density at radius 1 is 1.00 bits per heavy atom. The van der Waals surface area contributed by atoms with Crippen LogP contribution in [0.4, 0.5) is 10.2 Å². The Morgan fingerprint density at radius 3 is 2.31 bits per heavy atom. The third-order valence-corrected chi connectivity index (χ3v) is 4.85. The Labute approximate surface area is 166 Å². The van der Waals surface area contributed by atoms with Gasteiger partial charge in [-0.05, 0) is 36.8 Å². The number of nitrogens with zero attached hydrogens (tertiary/aromatic N) is 2. The number of aliphatic hydroxyl groups is 1. The molecule has 6 heteroatoms. The average Bonchev–Trinajstić information content (AvgIpc) is 3.00. The fourth-order valence-electron chi connectivity index (χ4n) is 3.39. The van der Waals surface area contributed by atoms with Gasteiger partial charge in [0.15, 0.2) is 0 Å². The molecule has 0 bridgehead atoms. The summed E-state index contributed by atoms with van der Waals surface area (Å²) in [4.78, 5) is 31.2. The minimum Gasteiger partial charge on any atom is -0.507 e. The van der Waals surface area contributed by atoms with Crippen LogP contribution in [0.2, 0.25) is 0 Å². The van der Waals surface area contributed by atoms with E-state index < -0.39 is 23.5 Å². The molecule has 1 aliphatic rings. The van der Waals surface area contributed by atoms with Crippen LogP contribution in [0.25, 0.3) is 5.76 Å². The van der Waals surface area contributed by atoms with Gasteiger partial charge in [0.25, 0.3) is 5.78 Å². The van der Waals surface area contributed by atoms with Crippen LogP contribution in [0, 0.1) is 12.7 Å². The van der Waals surface area contributed by atoms with Gasteiger partial charge < -0.3 is 5.11 Å². The maximum atomic E-state index is 13.5. The molecular weight excluding hydrogens is 371 g/mol. The topological polar surface area (TPSA) is 70.5 Å². The van der Waals surface area contributed by atoms with Crippen LogP contribution in [0.5, 0.6) is 0 Å². The van der Waals surface area contributed by atoms with Gasteiger partial charge in [-0.3, -0.25) is 14.5 Å². The highest BCUT2D eigenvalue weighted by molar-refractivity contribution is 6.51. The first-order valence-electron chi connectivity index (χ1n) is 9.02. The van der Waals surface area contributed by atoms with E-state index in [-0.39, 0.29) is 17.2 Å². The number of benzene rings is 2. The van der Waals surface area contributed by atoms with Gasteiger partial charge in [-0.2, -0.15) is 0 Å². The number of ketones is 1. The van der Waals surface area contributed by atoms with E-state index in [4.69, 9.17) is 0 Å². The number of hydrogen-bond acceptors (Lipinski definition) is 4. The molecule has 0 saturated carbocycles. The highest BCUT2D eigenvalue weighted by Gasteiger charge is 2.47. The van der Waals surface area contributed by atoms with Crippen molar-refractivity contribution in [2.75, 3.05) is 4.90 Å². The molecule has 1 saturated heterocycles. The molecule has 144 valence electrons. The molecule has 3 aromatic rings. The number of rotatable bonds is 3. The molecule has 2 heterocycles. The minimum absolute atomic E-state index is 0.0592. The molecule has 0 aliphatic carbocycles. The normalized spacial score (nSPS) is 18.3. The molecule has 1 aromatic heterocycles. The summed E-state index contributed by atoms with van der Waals surface area (Å²) in [5.41, 5.74) is 1.84. The smallest absolute Gasteiger partial charge is 0.301 e. The van der Waals surface area contributed by atoms with E-state index in [1.807, 2.05) is 6.92 Å². The summed E-state index contributed by atoms with van der Waals surface area (Å²) >= 11 is 0. The summed E-state index contributed by atoms with van der Waals surface area (Å²) in [5, 5.41) is 10.9. The van der Waals surface area contributed by atoms with E-state index in [0.29, 0.717) is 11.1 Å². The van der Waals surface area contributed by atoms with Crippen LogP contribution >= 0.6 is 0 Å². The maximum absolute atomic E-state index is 13.5. The highest BCUT2D eigenvalue weighted by atomic mass is 19.1. The minimum atomic E-state index is -0.924. The number of pyridine rings is 1. The number of hydrogen-bond donors (Lipinski definition) is 1. The molecule has 1 aliphatic heterocycles. The zero-order chi connectivity index (χ0) is 20.5. The Hall–Kier alpha value is -3.80. The molecule has 4 rings (SSSR count). The molecule has 0 spiro atoms. The molecule has 1 atom stereocenters. The summed E-state index contributed by atoms with van der Waals surface area (Å²) in [7, 11) is 0. The van der Waals surface area contributed by atoms with Crippen molar-refractivity contribution in [1.29, 1.82) is 0 Å². The van der Waals surface area contributed by atoms with Crippen molar-refractivity contribution in [3.05, 3.63) is 101 Å². The lowest BCUT2D eigenvalue weighted by molar-refractivity contribution is -0.132. The van der Waals surface area contributed by atoms with Gasteiger partial charge in [0.2, 0.25) is 0 Å². The van der Waals surface area contributed by atoms with Crippen LogP contribution in [-0.4, -0.2) is 21.8 Å². The largest absolute Gasteiger partial charge is 0.507 e. The van der Waals surface area contributed by atoms with Gasteiger partial charge in [-0.25, -0.2) is 9.37 Å². The molecule has 0 unspecified atom stereocenters. The predicted molar refractivity (Wildman–Crippen MR) is 107 cm³/mol. The molecule has 29 heavy (non-hydrogen) atoms. The van der Waals surface area contributed by atoms with E-state index in [0.717, 1.165) is 5.56 Å². The predicted octanol–water partition coefficient (Wildman–Crippen LogP) is 4.16. The molecule has 1 fully saturated rings. The average molecular weight is 388 g/mol. The number of aliphatic hydroxyl groups excluding tert-OH is 1. The summed E-state index contributed by atoms with van der Waals surface area (Å²) in [6.07, 6.45) is 1.51. The Balaban J connectivity index is 1.94. The van der Waals surface area contributed by atoms with Gasteiger partial charge in [-0.1, -0.05) is 48.0 Å². The summed E-state index contributed by atoms with van der Waals surface area (Å²) < 4.78 is 13.5. The van der Waals surface area contributed by atoms with Gasteiger partial charge in [0.05, 0.1) is 11.6 Å². The van der Waals surface area contributed by atoms with Gasteiger partial charge in [0, 0.05) is 11.8 Å². The molecule has 0 radical (unpaired) electrons. The fraction of sp³-hybridized carbons (Fsp3) is 0.0870. The number of halogens is 1. The maximum Gasteiger partial charge on any atom is 0.301 e. The number of carbonyl (C=O) groups is 2. The second-order valence-electron chi connectivity index (χ2n) is 6.77. The van der Waals surface area contributed by atoms with E-state index in [9.17, 15) is 19.1 Å². The summed E-state index contributed by atoms with van der Waals surface area (Å²) in [6, 6.07) is 16.5. The number of Topliss-reactive ketones (excluding diaryl/α,β-unsaturated/α-hetero) is 1. The van der Waals surface area contributed by atoms with E-state index in [1.54, 1.807) is 42.5 Å². The van der Waals surface area contributed by atoms with Crippen LogP contribution in [0.15, 0.2) is 78.5 Å². The van der Waals surface area contributed by atoms with Gasteiger partial charge in [-0.15, -0.1) is 0 Å². The fourth-order valence-corrected chi connectivity index (χ4v) is 3.39. The van der Waals surface area contributed by atoms with Crippen LogP contribution in [0.1, 0.15) is 22.7 Å². The standard InChI is InChI=1S/C23H17FN2O3/c1-14-5-7-16(8-6-14)21(27)19-20(15-9-11-17(24)12-10-15)26(23(29)22(19)28)18-4-2-3-13-25-18/h2-13,20,27H,1H3/t20-/m0/s1. The van der Waals surface area contributed by atoms with Crippen molar-refractivity contribution in [2.24, 2.45) is 0 Å². The van der Waals surface area contributed by atoms with Crippen molar-refractivity contribution >= 4 is 23.3 Å². The zero-order valence-corrected chi connectivity index (χ0v) is 15.5. The molecule has 5 nitrogen and oxygen atoms in total. The number of carbonyl (C=O) groups excluding carboxylic acids is 2. The molecule has 2 aromatic carbocycles. The van der Waals surface area contributed by atoms with Crippen LogP contribution < -0.4 is 4.90 Å². The number of amides is 1. The number of aryl methyl sites for hydroxylation is 1. The summed E-state index contributed by atoms with van der Waals surface area (Å²) in [6.45, 7) is 1.91. The van der Waals surface area contributed by atoms with Crippen molar-refractivity contribution < 1.29 is 19.1 Å². The Morgan fingerprint density at radius 2 is 1.69 bits per heavy atom. The van der Waals surface area contributed by atoms with Crippen molar-refractivity contribution in [1.82, 2.24) is 4.98 Å². The summed E-state index contributed by atoms with van der Waals surface area (Å²) in [5.74, 6) is -2.07. The second kappa shape index (κ2) is 7.31. The number of anilines is 1. The third kappa shape index (κ3) is 3.29. The van der Waals surface area contributed by atoms with E-state index in [2.05, 4.69) is 4.98 Å². The lowest BCUT2D eigenvalue weighted by Crippen LogP contribution is -2.30. The highest BCUT2D eigenvalue weighted by Crippen LogP contribution is 2.41. The Bertz CT molecular complexity index is 1110. The van der Waals surface area contributed by atoms with Gasteiger partial charge in [0.1, 0.15) is 17.4 Å². The SMILES string of the molecule is Cc1ccc(C(O)=C2C(=O)C(=O)N(c3ccccn3)[C@H]2c2ccc(F)cc2)cc1. The second-order valence-corrected chi connectivity index (χ2v) is 6.77. The van der Waals surface area contributed by atoms with Gasteiger partial charge >= 0.3 is 5.91 Å². The first-order chi connectivity index (χ1) is 14.0. The Kier molecular flexibility index (Phi) is 4.68. The lowest BCUT2D eigenvalue weighted by atomic mass is 9.95. The quantitative estimate of drug-likeness (QED) is 0.416. The monoisotopic (exact) mass is 388 g/mol. The molecular formula is C23H17FN2O3. The molecule has 1 amide bonds. The third-order valence-electron chi connectivity index (χ3n) is 4.85. The van der Waals surface area contributed by atoms with Crippen molar-refractivity contribution in [3.63, 3.8) is 0 Å².